The van der Waals surface area contributed by atoms with E-state index in [0.717, 1.165) is 6.07 Å². The highest BCUT2D eigenvalue weighted by molar-refractivity contribution is 6.05. The third kappa shape index (κ3) is 2.41. The molecule has 100 valence electrons. The number of carbonyl (C=O) groups is 3. The van der Waals surface area contributed by atoms with Crippen LogP contribution in [0.1, 0.15) is 27.1 Å². The standard InChI is InChI=1S/C12H12N2O5/c13-7-4-10(15)14(5-7)9-2-1-6(11(16)17)3-8(9)12(18)19/h1-3,7H,4-5,13H2,(H,16,17)(H,18,19). The summed E-state index contributed by atoms with van der Waals surface area (Å²) in [6.07, 6.45) is 0.153. The van der Waals surface area contributed by atoms with Crippen LogP contribution >= 0.6 is 0 Å². The average molecular weight is 264 g/mol. The molecule has 0 spiro atoms. The zero-order valence-corrected chi connectivity index (χ0v) is 9.87. The number of benzene rings is 1. The highest BCUT2D eigenvalue weighted by Crippen LogP contribution is 2.26. The maximum Gasteiger partial charge on any atom is 0.337 e. The van der Waals surface area contributed by atoms with Crippen molar-refractivity contribution in [1.29, 1.82) is 0 Å². The molecule has 1 amide bonds. The normalized spacial score (nSPS) is 18.7. The molecule has 4 N–H and O–H groups in total. The van der Waals surface area contributed by atoms with Crippen LogP contribution in [-0.4, -0.2) is 40.6 Å². The Hall–Kier alpha value is -2.41. The molecule has 0 saturated carbocycles. The number of nitrogens with two attached hydrogens (primary N) is 1. The van der Waals surface area contributed by atoms with E-state index < -0.39 is 11.9 Å². The van der Waals surface area contributed by atoms with Crippen molar-refractivity contribution in [1.82, 2.24) is 0 Å². The monoisotopic (exact) mass is 264 g/mol. The number of rotatable bonds is 3. The molecule has 19 heavy (non-hydrogen) atoms. The molecule has 1 aromatic rings. The molecule has 1 saturated heterocycles. The van der Waals surface area contributed by atoms with E-state index in [0.29, 0.717) is 0 Å². The van der Waals surface area contributed by atoms with Crippen molar-refractivity contribution in [2.45, 2.75) is 12.5 Å². The Morgan fingerprint density at radius 3 is 2.42 bits per heavy atom. The van der Waals surface area contributed by atoms with E-state index in [-0.39, 0.29) is 41.7 Å². The van der Waals surface area contributed by atoms with Crippen molar-refractivity contribution >= 4 is 23.5 Å². The Balaban J connectivity index is 2.48. The van der Waals surface area contributed by atoms with E-state index in [9.17, 15) is 14.4 Å². The molecule has 0 bridgehead atoms. The molecule has 0 aromatic heterocycles. The summed E-state index contributed by atoms with van der Waals surface area (Å²) >= 11 is 0. The van der Waals surface area contributed by atoms with Crippen molar-refractivity contribution in [2.75, 3.05) is 11.4 Å². The van der Waals surface area contributed by atoms with Crippen LogP contribution in [0, 0.1) is 0 Å². The van der Waals surface area contributed by atoms with Gasteiger partial charge in [-0.25, -0.2) is 9.59 Å². The van der Waals surface area contributed by atoms with Gasteiger partial charge in [0.2, 0.25) is 5.91 Å². The fraction of sp³-hybridized carbons (Fsp3) is 0.250. The molecule has 1 aromatic carbocycles. The number of aromatic carboxylic acids is 2. The Kier molecular flexibility index (Phi) is 3.22. The zero-order chi connectivity index (χ0) is 14.2. The fourth-order valence-electron chi connectivity index (χ4n) is 2.04. The molecule has 0 aliphatic carbocycles. The van der Waals surface area contributed by atoms with Gasteiger partial charge in [0.05, 0.1) is 16.8 Å². The first-order valence-electron chi connectivity index (χ1n) is 5.56. The lowest BCUT2D eigenvalue weighted by molar-refractivity contribution is -0.117. The molecule has 7 heteroatoms. The second-order valence-corrected chi connectivity index (χ2v) is 4.31. The van der Waals surface area contributed by atoms with Crippen LogP contribution < -0.4 is 10.6 Å². The summed E-state index contributed by atoms with van der Waals surface area (Å²) in [6.45, 7) is 0.228. The van der Waals surface area contributed by atoms with Crippen LogP contribution in [0.3, 0.4) is 0 Å². The van der Waals surface area contributed by atoms with Gasteiger partial charge in [-0.15, -0.1) is 0 Å². The summed E-state index contributed by atoms with van der Waals surface area (Å²) in [5.74, 6) is -2.78. The molecule has 0 radical (unpaired) electrons. The highest BCUT2D eigenvalue weighted by Gasteiger charge is 2.31. The maximum absolute atomic E-state index is 11.7. The average Bonchev–Trinajstić information content (AvgIpc) is 2.67. The molecule has 1 unspecified atom stereocenters. The molecule has 1 heterocycles. The third-order valence-corrected chi connectivity index (χ3v) is 2.92. The largest absolute Gasteiger partial charge is 0.478 e. The molecule has 2 rings (SSSR count). The predicted octanol–water partition coefficient (Wildman–Crippen LogP) is 0.147. The van der Waals surface area contributed by atoms with Crippen molar-refractivity contribution in [3.8, 4) is 0 Å². The predicted molar refractivity (Wildman–Crippen MR) is 65.3 cm³/mol. The minimum absolute atomic E-state index is 0.142. The van der Waals surface area contributed by atoms with Gasteiger partial charge in [-0.3, -0.25) is 4.79 Å². The number of carbonyl (C=O) groups excluding carboxylic acids is 1. The van der Waals surface area contributed by atoms with Crippen LogP contribution in [0.5, 0.6) is 0 Å². The van der Waals surface area contributed by atoms with Gasteiger partial charge in [-0.1, -0.05) is 0 Å². The van der Waals surface area contributed by atoms with Crippen LogP contribution in [0.4, 0.5) is 5.69 Å². The van der Waals surface area contributed by atoms with Gasteiger partial charge in [0.15, 0.2) is 0 Å². The molecular formula is C12H12N2O5. The fourth-order valence-corrected chi connectivity index (χ4v) is 2.04. The van der Waals surface area contributed by atoms with Gasteiger partial charge in [0.1, 0.15) is 0 Å². The molecule has 1 fully saturated rings. The van der Waals surface area contributed by atoms with Crippen molar-refractivity contribution in [3.63, 3.8) is 0 Å². The summed E-state index contributed by atoms with van der Waals surface area (Å²) in [5, 5.41) is 18.0. The lowest BCUT2D eigenvalue weighted by Gasteiger charge is -2.18. The number of hydrogen-bond acceptors (Lipinski definition) is 4. The summed E-state index contributed by atoms with van der Waals surface area (Å²) in [7, 11) is 0. The summed E-state index contributed by atoms with van der Waals surface area (Å²) in [5.41, 5.74) is 5.47. The van der Waals surface area contributed by atoms with E-state index in [2.05, 4.69) is 0 Å². The minimum atomic E-state index is -1.29. The van der Waals surface area contributed by atoms with Gasteiger partial charge < -0.3 is 20.8 Å². The first-order valence-corrected chi connectivity index (χ1v) is 5.56. The van der Waals surface area contributed by atoms with E-state index in [4.69, 9.17) is 15.9 Å². The minimum Gasteiger partial charge on any atom is -0.478 e. The van der Waals surface area contributed by atoms with E-state index in [1.807, 2.05) is 0 Å². The van der Waals surface area contributed by atoms with Crippen LogP contribution in [-0.2, 0) is 4.79 Å². The number of carboxylic acid groups (broad SMARTS) is 2. The first-order chi connectivity index (χ1) is 8.90. The molecule has 1 aliphatic heterocycles. The quantitative estimate of drug-likeness (QED) is 0.714. The van der Waals surface area contributed by atoms with Gasteiger partial charge in [0.25, 0.3) is 0 Å². The Morgan fingerprint density at radius 2 is 1.95 bits per heavy atom. The Bertz CT molecular complexity index is 569. The van der Waals surface area contributed by atoms with Crippen LogP contribution in [0.15, 0.2) is 18.2 Å². The molecular weight excluding hydrogens is 252 g/mol. The highest BCUT2D eigenvalue weighted by atomic mass is 16.4. The van der Waals surface area contributed by atoms with Crippen molar-refractivity contribution in [2.24, 2.45) is 5.73 Å². The number of carboxylic acids is 2. The van der Waals surface area contributed by atoms with E-state index in [1.54, 1.807) is 0 Å². The number of amides is 1. The zero-order valence-electron chi connectivity index (χ0n) is 9.87. The van der Waals surface area contributed by atoms with E-state index >= 15 is 0 Å². The summed E-state index contributed by atoms with van der Waals surface area (Å²) in [6, 6.07) is 3.29. The van der Waals surface area contributed by atoms with Crippen molar-refractivity contribution < 1.29 is 24.6 Å². The number of hydrogen-bond donors (Lipinski definition) is 3. The smallest absolute Gasteiger partial charge is 0.337 e. The lowest BCUT2D eigenvalue weighted by Crippen LogP contribution is -2.29. The van der Waals surface area contributed by atoms with Crippen molar-refractivity contribution in [3.05, 3.63) is 29.3 Å². The van der Waals surface area contributed by atoms with Gasteiger partial charge in [-0.2, -0.15) is 0 Å². The maximum atomic E-state index is 11.7. The lowest BCUT2D eigenvalue weighted by atomic mass is 10.1. The topological polar surface area (TPSA) is 121 Å². The van der Waals surface area contributed by atoms with Crippen LogP contribution in [0.25, 0.3) is 0 Å². The van der Waals surface area contributed by atoms with E-state index in [1.165, 1.54) is 17.0 Å². The second-order valence-electron chi connectivity index (χ2n) is 4.31. The Morgan fingerprint density at radius 1 is 1.26 bits per heavy atom. The summed E-state index contributed by atoms with van der Waals surface area (Å²) < 4.78 is 0. The van der Waals surface area contributed by atoms with Crippen LogP contribution in [0.2, 0.25) is 0 Å². The first kappa shape index (κ1) is 13.0. The SMILES string of the molecule is NC1CC(=O)N(c2ccc(C(=O)O)cc2C(=O)O)C1. The molecule has 7 nitrogen and oxygen atoms in total. The second kappa shape index (κ2) is 4.69. The third-order valence-electron chi connectivity index (χ3n) is 2.92. The van der Waals surface area contributed by atoms with Gasteiger partial charge >= 0.3 is 11.9 Å². The van der Waals surface area contributed by atoms with Gasteiger partial charge in [0, 0.05) is 19.0 Å². The molecule has 1 atom stereocenters. The van der Waals surface area contributed by atoms with Gasteiger partial charge in [-0.05, 0) is 18.2 Å². The number of nitrogens with zero attached hydrogens (tertiary/aromatic N) is 1. The molecule has 1 aliphatic rings. The number of anilines is 1. The summed E-state index contributed by atoms with van der Waals surface area (Å²) in [4.78, 5) is 35.0. The Labute approximate surface area is 108 Å².